The van der Waals surface area contributed by atoms with E-state index in [1.54, 1.807) is 13.1 Å². The summed E-state index contributed by atoms with van der Waals surface area (Å²) < 4.78 is 0. The van der Waals surface area contributed by atoms with Gasteiger partial charge in [0.2, 0.25) is 11.8 Å². The van der Waals surface area contributed by atoms with E-state index in [-0.39, 0.29) is 23.6 Å². The highest BCUT2D eigenvalue weighted by molar-refractivity contribution is 5.97. The first-order valence-corrected chi connectivity index (χ1v) is 16.5. The van der Waals surface area contributed by atoms with Gasteiger partial charge in [0, 0.05) is 93.3 Å². The second-order valence-electron chi connectivity index (χ2n) is 12.8. The number of aromatic amines is 1. The van der Waals surface area contributed by atoms with Gasteiger partial charge in [-0.1, -0.05) is 42.5 Å². The standard InChI is InChI=1S/C36H41N7O3/c1-25(44)40-13-9-27(10-14-40)35(45)42-15-11-31(12-16-42)41-17-19-43(20-18-41)36(46)30-22-32(26-5-3-2-4-6-26)38-33(23-30)28-7-8-29-24-37-39-34(29)21-28/h2-8,21-24,27,31H,9-20H2,1H3,(H,37,39). The molecule has 0 unspecified atom stereocenters. The van der Waals surface area contributed by atoms with E-state index in [0.717, 1.165) is 85.3 Å². The van der Waals surface area contributed by atoms with Crippen LogP contribution in [0, 0.1) is 5.92 Å². The molecule has 238 valence electrons. The van der Waals surface area contributed by atoms with E-state index in [1.165, 1.54) is 0 Å². The van der Waals surface area contributed by atoms with E-state index in [0.29, 0.717) is 37.8 Å². The quantitative estimate of drug-likeness (QED) is 0.357. The van der Waals surface area contributed by atoms with E-state index in [4.69, 9.17) is 4.98 Å². The Kier molecular flexibility index (Phi) is 8.53. The van der Waals surface area contributed by atoms with Gasteiger partial charge in [-0.15, -0.1) is 0 Å². The fraction of sp³-hybridized carbons (Fsp3) is 0.417. The maximum Gasteiger partial charge on any atom is 0.254 e. The van der Waals surface area contributed by atoms with Crippen LogP contribution >= 0.6 is 0 Å². The number of rotatable bonds is 5. The van der Waals surface area contributed by atoms with Gasteiger partial charge in [0.05, 0.1) is 23.1 Å². The zero-order valence-electron chi connectivity index (χ0n) is 26.4. The molecule has 1 N–H and O–H groups in total. The van der Waals surface area contributed by atoms with Gasteiger partial charge in [0.1, 0.15) is 0 Å². The lowest BCUT2D eigenvalue weighted by Gasteiger charge is -2.43. The molecule has 3 amide bonds. The lowest BCUT2D eigenvalue weighted by atomic mass is 9.93. The number of carbonyl (C=O) groups is 3. The Hall–Kier alpha value is -4.57. The number of pyridine rings is 1. The minimum Gasteiger partial charge on any atom is -0.343 e. The Bertz CT molecular complexity index is 1710. The molecule has 2 aromatic heterocycles. The summed E-state index contributed by atoms with van der Waals surface area (Å²) in [7, 11) is 0. The molecule has 0 radical (unpaired) electrons. The van der Waals surface area contributed by atoms with Gasteiger partial charge in [-0.25, -0.2) is 4.98 Å². The van der Waals surface area contributed by atoms with Crippen LogP contribution in [0.1, 0.15) is 43.0 Å². The van der Waals surface area contributed by atoms with Crippen LogP contribution in [0.5, 0.6) is 0 Å². The smallest absolute Gasteiger partial charge is 0.254 e. The maximum atomic E-state index is 13.9. The normalized spacial score (nSPS) is 18.7. The summed E-state index contributed by atoms with van der Waals surface area (Å²) in [4.78, 5) is 52.1. The second-order valence-corrected chi connectivity index (χ2v) is 12.8. The van der Waals surface area contributed by atoms with Crippen molar-refractivity contribution in [1.29, 1.82) is 0 Å². The summed E-state index contributed by atoms with van der Waals surface area (Å²) >= 11 is 0. The summed E-state index contributed by atoms with van der Waals surface area (Å²) in [6.45, 7) is 7.52. The van der Waals surface area contributed by atoms with Crippen LogP contribution in [-0.2, 0) is 9.59 Å². The maximum absolute atomic E-state index is 13.9. The molecule has 0 aliphatic carbocycles. The van der Waals surface area contributed by atoms with Crippen LogP contribution in [0.15, 0.2) is 66.9 Å². The van der Waals surface area contributed by atoms with Gasteiger partial charge < -0.3 is 14.7 Å². The predicted molar refractivity (Wildman–Crippen MR) is 177 cm³/mol. The van der Waals surface area contributed by atoms with Crippen molar-refractivity contribution < 1.29 is 14.4 Å². The van der Waals surface area contributed by atoms with Crippen LogP contribution in [0.2, 0.25) is 0 Å². The van der Waals surface area contributed by atoms with E-state index in [2.05, 4.69) is 15.1 Å². The van der Waals surface area contributed by atoms with Gasteiger partial charge >= 0.3 is 0 Å². The van der Waals surface area contributed by atoms with Crippen molar-refractivity contribution in [3.63, 3.8) is 0 Å². The van der Waals surface area contributed by atoms with E-state index >= 15 is 0 Å². The summed E-state index contributed by atoms with van der Waals surface area (Å²) in [5, 5.41) is 8.21. The van der Waals surface area contributed by atoms with Gasteiger partial charge in [-0.05, 0) is 43.9 Å². The second kappa shape index (κ2) is 13.0. The molecule has 3 saturated heterocycles. The van der Waals surface area contributed by atoms with E-state index in [9.17, 15) is 14.4 Å². The first-order chi connectivity index (χ1) is 22.4. The minimum atomic E-state index is 0.0272. The van der Waals surface area contributed by atoms with E-state index < -0.39 is 0 Å². The highest BCUT2D eigenvalue weighted by Crippen LogP contribution is 2.29. The van der Waals surface area contributed by atoms with Gasteiger partial charge in [-0.3, -0.25) is 24.4 Å². The fourth-order valence-corrected chi connectivity index (χ4v) is 7.28. The molecule has 4 aromatic rings. The number of piperazine rings is 1. The molecule has 5 heterocycles. The lowest BCUT2D eigenvalue weighted by molar-refractivity contribution is -0.141. The lowest BCUT2D eigenvalue weighted by Crippen LogP contribution is -2.55. The molecular formula is C36H41N7O3. The Morgan fingerprint density at radius 1 is 0.717 bits per heavy atom. The Balaban J connectivity index is 0.987. The third kappa shape index (κ3) is 6.26. The number of hydrogen-bond donors (Lipinski definition) is 1. The topological polar surface area (TPSA) is 106 Å². The monoisotopic (exact) mass is 619 g/mol. The van der Waals surface area contributed by atoms with Gasteiger partial charge in [0.15, 0.2) is 0 Å². The molecule has 0 atom stereocenters. The van der Waals surface area contributed by atoms with Gasteiger partial charge in [0.25, 0.3) is 5.91 Å². The number of piperidine rings is 2. The molecule has 46 heavy (non-hydrogen) atoms. The molecule has 0 saturated carbocycles. The number of amides is 3. The van der Waals surface area contributed by atoms with Crippen molar-refractivity contribution in [2.75, 3.05) is 52.4 Å². The number of benzene rings is 2. The van der Waals surface area contributed by atoms with Crippen molar-refractivity contribution in [1.82, 2.24) is 34.8 Å². The number of nitrogens with one attached hydrogen (secondary N) is 1. The first kappa shape index (κ1) is 30.1. The molecule has 7 rings (SSSR count). The van der Waals surface area contributed by atoms with Crippen molar-refractivity contribution in [2.24, 2.45) is 5.92 Å². The minimum absolute atomic E-state index is 0.0272. The number of hydrogen-bond acceptors (Lipinski definition) is 6. The van der Waals surface area contributed by atoms with Gasteiger partial charge in [-0.2, -0.15) is 5.10 Å². The summed E-state index contributed by atoms with van der Waals surface area (Å²) in [6.07, 6.45) is 5.24. The third-order valence-corrected chi connectivity index (χ3v) is 10.1. The van der Waals surface area contributed by atoms with Crippen molar-refractivity contribution in [2.45, 2.75) is 38.6 Å². The van der Waals surface area contributed by atoms with Crippen LogP contribution in [0.3, 0.4) is 0 Å². The SMILES string of the molecule is CC(=O)N1CCC(C(=O)N2CCC(N3CCN(C(=O)c4cc(-c5ccccc5)nc(-c5ccc6cn[nH]c6c5)c4)CC3)CC2)CC1. The summed E-state index contributed by atoms with van der Waals surface area (Å²) in [5.41, 5.74) is 5.00. The molecule has 3 aliphatic rings. The Morgan fingerprint density at radius 2 is 1.39 bits per heavy atom. The molecule has 3 aliphatic heterocycles. The average molecular weight is 620 g/mol. The number of likely N-dealkylation sites (tertiary alicyclic amines) is 2. The molecule has 3 fully saturated rings. The summed E-state index contributed by atoms with van der Waals surface area (Å²) in [5.74, 6) is 0.415. The average Bonchev–Trinajstić information content (AvgIpc) is 3.60. The molecular weight excluding hydrogens is 578 g/mol. The van der Waals surface area contributed by atoms with Crippen LogP contribution in [0.25, 0.3) is 33.4 Å². The van der Waals surface area contributed by atoms with Crippen LogP contribution < -0.4 is 0 Å². The molecule has 10 nitrogen and oxygen atoms in total. The zero-order valence-corrected chi connectivity index (χ0v) is 26.4. The molecule has 0 bridgehead atoms. The van der Waals surface area contributed by atoms with Crippen LogP contribution in [0.4, 0.5) is 0 Å². The van der Waals surface area contributed by atoms with Crippen molar-refractivity contribution >= 4 is 28.6 Å². The highest BCUT2D eigenvalue weighted by Gasteiger charge is 2.34. The van der Waals surface area contributed by atoms with Crippen molar-refractivity contribution in [3.8, 4) is 22.5 Å². The molecule has 0 spiro atoms. The molecule has 10 heteroatoms. The highest BCUT2D eigenvalue weighted by atomic mass is 16.2. The number of nitrogens with zero attached hydrogens (tertiary/aromatic N) is 6. The number of aromatic nitrogens is 3. The fourth-order valence-electron chi connectivity index (χ4n) is 7.28. The zero-order chi connectivity index (χ0) is 31.6. The third-order valence-electron chi connectivity index (χ3n) is 10.1. The van der Waals surface area contributed by atoms with Crippen molar-refractivity contribution in [3.05, 3.63) is 72.4 Å². The first-order valence-electron chi connectivity index (χ1n) is 16.5. The number of carbonyl (C=O) groups excluding carboxylic acids is 3. The predicted octanol–water partition coefficient (Wildman–Crippen LogP) is 4.30. The van der Waals surface area contributed by atoms with E-state index in [1.807, 2.05) is 75.4 Å². The Labute approximate surface area is 269 Å². The summed E-state index contributed by atoms with van der Waals surface area (Å²) in [6, 6.07) is 20.3. The molecule has 2 aromatic carbocycles. The largest absolute Gasteiger partial charge is 0.343 e. The van der Waals surface area contributed by atoms with Crippen LogP contribution in [-0.4, -0.2) is 111 Å². The number of H-pyrrole nitrogens is 1. The number of fused-ring (bicyclic) bond motifs is 1. The Morgan fingerprint density at radius 3 is 2.09 bits per heavy atom.